The molecule has 0 saturated carbocycles. The van der Waals surface area contributed by atoms with Crippen LogP contribution in [0.4, 0.5) is 16.6 Å². The fourth-order valence-corrected chi connectivity index (χ4v) is 4.33. The number of nitrogens with one attached hydrogen (secondary N) is 2. The molecule has 12 heteroatoms. The van der Waals surface area contributed by atoms with Gasteiger partial charge in [-0.25, -0.2) is 18.4 Å². The smallest absolute Gasteiger partial charge is 0.215 e. The number of nitrogens with zero attached hydrogens (tertiary/aromatic N) is 4. The summed E-state index contributed by atoms with van der Waals surface area (Å²) >= 11 is 1.45. The number of sulfonamides is 1. The molecule has 1 aromatic carbocycles. The molecule has 0 amide bonds. The minimum absolute atomic E-state index is 0.0132. The first-order valence-electron chi connectivity index (χ1n) is 9.21. The van der Waals surface area contributed by atoms with Gasteiger partial charge in [-0.2, -0.15) is 4.98 Å². The van der Waals surface area contributed by atoms with Crippen LogP contribution >= 0.6 is 11.3 Å². The predicted octanol–water partition coefficient (Wildman–Crippen LogP) is 3.57. The molecule has 0 bridgehead atoms. The SMILES string of the molecule is COc1cc([N-]S(=O)(=O)c2ccc(Nc3nc(-c4ccc[nH+]c4)cs3)cc2)nc(OC)n1. The van der Waals surface area contributed by atoms with Crippen molar-refractivity contribution in [3.63, 3.8) is 0 Å². The largest absolute Gasteiger partial charge is 0.483 e. The lowest BCUT2D eigenvalue weighted by atomic mass is 10.2. The molecule has 0 saturated heterocycles. The van der Waals surface area contributed by atoms with Crippen molar-refractivity contribution in [3.8, 4) is 23.1 Å². The summed E-state index contributed by atoms with van der Waals surface area (Å²) in [4.78, 5) is 15.4. The minimum Gasteiger partial charge on any atom is -0.483 e. The van der Waals surface area contributed by atoms with Crippen LogP contribution < -0.4 is 19.8 Å². The van der Waals surface area contributed by atoms with Crippen molar-refractivity contribution in [2.75, 3.05) is 19.5 Å². The molecule has 0 spiro atoms. The van der Waals surface area contributed by atoms with Crippen molar-refractivity contribution >= 4 is 38.0 Å². The zero-order valence-corrected chi connectivity index (χ0v) is 18.6. The molecule has 3 aromatic heterocycles. The molecule has 0 aliphatic rings. The summed E-state index contributed by atoms with van der Waals surface area (Å²) in [6, 6.07) is 11.3. The van der Waals surface area contributed by atoms with Crippen LogP contribution in [0.3, 0.4) is 0 Å². The van der Waals surface area contributed by atoms with E-state index in [-0.39, 0.29) is 22.6 Å². The standard InChI is InChI=1S/C20H17N6O4S2/c1-29-18-10-17(24-19(25-18)30-2)26-32(27,28)15-7-5-14(6-8-15)22-20-23-16(12-31-20)13-4-3-9-21-11-13/h3-12H,1-2H3,(H-,22,23,24,25,26)/q-1/p+1. The topological polar surface area (TPSA) is 132 Å². The van der Waals surface area contributed by atoms with E-state index in [9.17, 15) is 8.42 Å². The lowest BCUT2D eigenvalue weighted by Gasteiger charge is -2.17. The van der Waals surface area contributed by atoms with Gasteiger partial charge < -0.3 is 24.5 Å². The number of methoxy groups -OCH3 is 2. The fourth-order valence-electron chi connectivity index (χ4n) is 2.66. The number of benzene rings is 1. The molecule has 0 atom stereocenters. The van der Waals surface area contributed by atoms with Crippen molar-refractivity contribution in [1.82, 2.24) is 15.0 Å². The van der Waals surface area contributed by atoms with E-state index in [4.69, 9.17) is 9.47 Å². The molecular formula is C20H18N6O4S2. The third-order valence-electron chi connectivity index (χ3n) is 4.18. The number of hydrogen-bond donors (Lipinski definition) is 1. The molecule has 0 fully saturated rings. The highest BCUT2D eigenvalue weighted by molar-refractivity contribution is 7.94. The van der Waals surface area contributed by atoms with Crippen molar-refractivity contribution in [3.05, 3.63) is 65.0 Å². The molecule has 32 heavy (non-hydrogen) atoms. The van der Waals surface area contributed by atoms with Gasteiger partial charge in [-0.15, -0.1) is 11.3 Å². The summed E-state index contributed by atoms with van der Waals surface area (Å²) in [6.45, 7) is 0. The molecule has 0 radical (unpaired) electrons. The van der Waals surface area contributed by atoms with Crippen molar-refractivity contribution in [2.24, 2.45) is 0 Å². The first-order chi connectivity index (χ1) is 15.5. The van der Waals surface area contributed by atoms with E-state index in [1.807, 2.05) is 29.9 Å². The average molecular weight is 471 g/mol. The van der Waals surface area contributed by atoms with Crippen LogP contribution in [0.2, 0.25) is 0 Å². The summed E-state index contributed by atoms with van der Waals surface area (Å²) in [5, 5.41) is 5.79. The average Bonchev–Trinajstić information content (AvgIpc) is 3.28. The van der Waals surface area contributed by atoms with Gasteiger partial charge in [-0.3, -0.25) is 0 Å². The quantitative estimate of drug-likeness (QED) is 0.413. The van der Waals surface area contributed by atoms with Gasteiger partial charge in [0.1, 0.15) is 0 Å². The van der Waals surface area contributed by atoms with E-state index < -0.39 is 10.0 Å². The highest BCUT2D eigenvalue weighted by Crippen LogP contribution is 2.31. The molecule has 0 aliphatic carbocycles. The van der Waals surface area contributed by atoms with Crippen LogP contribution in [0.1, 0.15) is 0 Å². The number of thiazole rings is 1. The normalized spacial score (nSPS) is 11.1. The summed E-state index contributed by atoms with van der Waals surface area (Å²) in [5.74, 6) is 0.0472. The molecule has 0 unspecified atom stereocenters. The van der Waals surface area contributed by atoms with Gasteiger partial charge in [-0.1, -0.05) is 0 Å². The first-order valence-corrected chi connectivity index (χ1v) is 11.5. The van der Waals surface area contributed by atoms with Gasteiger partial charge in [-0.05, 0) is 36.1 Å². The highest BCUT2D eigenvalue weighted by Gasteiger charge is 2.12. The Bertz CT molecular complexity index is 1290. The van der Waals surface area contributed by atoms with E-state index in [1.54, 1.807) is 12.1 Å². The van der Waals surface area contributed by atoms with Crippen LogP contribution in [-0.2, 0) is 10.0 Å². The highest BCUT2D eigenvalue weighted by atomic mass is 32.2. The number of pyridine rings is 1. The van der Waals surface area contributed by atoms with Crippen LogP contribution in [0.25, 0.3) is 16.0 Å². The number of aromatic amines is 1. The summed E-state index contributed by atoms with van der Waals surface area (Å²) in [5.41, 5.74) is 2.50. The van der Waals surface area contributed by atoms with Crippen molar-refractivity contribution < 1.29 is 22.9 Å². The van der Waals surface area contributed by atoms with E-state index in [0.29, 0.717) is 10.8 Å². The number of ether oxygens (including phenoxy) is 2. The maximum Gasteiger partial charge on any atom is 0.215 e. The molecule has 4 aromatic rings. The third kappa shape index (κ3) is 4.92. The Morgan fingerprint density at radius 1 is 1.06 bits per heavy atom. The number of aromatic nitrogens is 4. The Morgan fingerprint density at radius 2 is 1.88 bits per heavy atom. The van der Waals surface area contributed by atoms with Crippen LogP contribution in [-0.4, -0.2) is 37.6 Å². The predicted molar refractivity (Wildman–Crippen MR) is 119 cm³/mol. The number of hydrogen-bond acceptors (Lipinski definition) is 9. The van der Waals surface area contributed by atoms with E-state index >= 15 is 0 Å². The Balaban J connectivity index is 1.48. The monoisotopic (exact) mass is 470 g/mol. The Hall–Kier alpha value is -3.77. The van der Waals surface area contributed by atoms with Crippen molar-refractivity contribution in [1.29, 1.82) is 0 Å². The van der Waals surface area contributed by atoms with Gasteiger partial charge in [0.25, 0.3) is 0 Å². The maximum atomic E-state index is 12.7. The number of rotatable bonds is 8. The van der Waals surface area contributed by atoms with Crippen LogP contribution in [0.5, 0.6) is 11.9 Å². The van der Waals surface area contributed by atoms with E-state index in [1.165, 1.54) is 43.8 Å². The summed E-state index contributed by atoms with van der Waals surface area (Å²) in [6.07, 6.45) is 3.69. The third-order valence-corrected chi connectivity index (χ3v) is 6.24. The fraction of sp³-hybridized carbons (Fsp3) is 0.100. The minimum atomic E-state index is -4.01. The molecule has 10 nitrogen and oxygen atoms in total. The van der Waals surface area contributed by atoms with Gasteiger partial charge in [0.05, 0.1) is 30.4 Å². The summed E-state index contributed by atoms with van der Waals surface area (Å²) < 4.78 is 39.1. The molecule has 164 valence electrons. The maximum absolute atomic E-state index is 12.7. The van der Waals surface area contributed by atoms with Gasteiger partial charge >= 0.3 is 0 Å². The summed E-state index contributed by atoms with van der Waals surface area (Å²) in [7, 11) is -1.24. The molecule has 2 N–H and O–H groups in total. The van der Waals surface area contributed by atoms with Gasteiger partial charge in [0.15, 0.2) is 17.5 Å². The van der Waals surface area contributed by atoms with E-state index in [0.717, 1.165) is 11.3 Å². The van der Waals surface area contributed by atoms with Gasteiger partial charge in [0.2, 0.25) is 21.9 Å². The zero-order valence-electron chi connectivity index (χ0n) is 17.0. The molecule has 0 aliphatic heterocycles. The second-order valence-electron chi connectivity index (χ2n) is 6.30. The van der Waals surface area contributed by atoms with Crippen LogP contribution in [0.15, 0.2) is 65.1 Å². The Kier molecular flexibility index (Phi) is 6.14. The number of H-pyrrole nitrogens is 1. The second kappa shape index (κ2) is 9.16. The molecule has 4 rings (SSSR count). The van der Waals surface area contributed by atoms with E-state index in [2.05, 4.69) is 30.0 Å². The lowest BCUT2D eigenvalue weighted by Crippen LogP contribution is -2.01. The molecule has 3 heterocycles. The lowest BCUT2D eigenvalue weighted by molar-refractivity contribution is -0.377. The molecular weight excluding hydrogens is 452 g/mol. The zero-order chi connectivity index (χ0) is 22.6. The Morgan fingerprint density at radius 3 is 2.56 bits per heavy atom. The van der Waals surface area contributed by atoms with Crippen molar-refractivity contribution in [2.45, 2.75) is 4.90 Å². The first kappa shape index (κ1) is 21.5. The number of anilines is 2. The van der Waals surface area contributed by atoms with Crippen LogP contribution in [0, 0.1) is 0 Å². The Labute approximate surface area is 188 Å². The van der Waals surface area contributed by atoms with Gasteiger partial charge in [0, 0.05) is 23.2 Å². The second-order valence-corrected chi connectivity index (χ2v) is 8.76.